The molecule has 0 spiro atoms. The number of benzene rings is 1. The van der Waals surface area contributed by atoms with Crippen molar-refractivity contribution in [2.24, 2.45) is 0 Å². The van der Waals surface area contributed by atoms with E-state index < -0.39 is 0 Å². The Labute approximate surface area is 137 Å². The zero-order chi connectivity index (χ0) is 14.8. The fourth-order valence-electron chi connectivity index (χ4n) is 2.98. The summed E-state index contributed by atoms with van der Waals surface area (Å²) in [6.07, 6.45) is 3.65. The second-order valence-electron chi connectivity index (χ2n) is 5.47. The summed E-state index contributed by atoms with van der Waals surface area (Å²) in [4.78, 5) is 6.99. The monoisotopic (exact) mass is 373 g/mol. The van der Waals surface area contributed by atoms with Gasteiger partial charge in [0, 0.05) is 12.6 Å². The lowest BCUT2D eigenvalue weighted by Crippen LogP contribution is -2.21. The first-order valence-electron chi connectivity index (χ1n) is 7.31. The minimum atomic E-state index is -0.260. The Morgan fingerprint density at radius 2 is 2.00 bits per heavy atom. The van der Waals surface area contributed by atoms with Gasteiger partial charge >= 0.3 is 0 Å². The van der Waals surface area contributed by atoms with Crippen molar-refractivity contribution in [1.82, 2.24) is 14.5 Å². The van der Waals surface area contributed by atoms with Crippen LogP contribution < -0.4 is 0 Å². The summed E-state index contributed by atoms with van der Waals surface area (Å²) in [5.74, 6) is 0.896. The second kappa shape index (κ2) is 6.63. The lowest BCUT2D eigenvalue weighted by molar-refractivity contribution is 0.325. The number of hydrogen-bond acceptors (Lipinski definition) is 2. The van der Waals surface area contributed by atoms with Crippen molar-refractivity contribution in [2.75, 3.05) is 19.6 Å². The molecular weight excluding hydrogens is 357 g/mol. The van der Waals surface area contributed by atoms with Crippen molar-refractivity contribution in [3.05, 3.63) is 28.2 Å². The first kappa shape index (κ1) is 15.3. The molecule has 1 fully saturated rings. The van der Waals surface area contributed by atoms with Crippen molar-refractivity contribution < 1.29 is 4.39 Å². The molecule has 1 aromatic heterocycles. The minimum absolute atomic E-state index is 0.260. The first-order valence-corrected chi connectivity index (χ1v) is 8.64. The minimum Gasteiger partial charge on any atom is -0.327 e. The van der Waals surface area contributed by atoms with Crippen molar-refractivity contribution in [2.45, 2.75) is 31.7 Å². The van der Waals surface area contributed by atoms with E-state index in [9.17, 15) is 4.39 Å². The number of aromatic nitrogens is 2. The average Bonchev–Trinajstić information content (AvgIpc) is 3.08. The smallest absolute Gasteiger partial charge is 0.139 e. The molecule has 1 aliphatic heterocycles. The van der Waals surface area contributed by atoms with Crippen LogP contribution in [0.25, 0.3) is 11.0 Å². The maximum Gasteiger partial charge on any atom is 0.139 e. The van der Waals surface area contributed by atoms with Crippen LogP contribution in [-0.4, -0.2) is 34.1 Å². The Kier molecular flexibility index (Phi) is 4.82. The number of aryl methyl sites for hydroxylation is 1. The normalized spacial score (nSPS) is 16.1. The second-order valence-corrected chi connectivity index (χ2v) is 6.59. The predicted octanol–water partition coefficient (Wildman–Crippen LogP) is 4.16. The largest absolute Gasteiger partial charge is 0.327 e. The Bertz CT molecular complexity index is 637. The summed E-state index contributed by atoms with van der Waals surface area (Å²) in [5, 5.41) is 0. The van der Waals surface area contributed by atoms with Crippen LogP contribution in [0.4, 0.5) is 4.39 Å². The Balaban J connectivity index is 1.80. The molecule has 3 rings (SSSR count). The molecule has 0 radical (unpaired) electrons. The van der Waals surface area contributed by atoms with Gasteiger partial charge in [-0.05, 0) is 60.9 Å². The van der Waals surface area contributed by atoms with Gasteiger partial charge in [0.1, 0.15) is 11.6 Å². The van der Waals surface area contributed by atoms with Crippen LogP contribution in [0.3, 0.4) is 0 Å². The molecule has 114 valence electrons. The maximum atomic E-state index is 13.8. The molecule has 2 heterocycles. The van der Waals surface area contributed by atoms with E-state index in [2.05, 4.69) is 25.8 Å². The SMILES string of the molecule is Fc1cc2c(cc1Br)nc(CCl)n2CCCN1CCCC1. The number of likely N-dealkylation sites (tertiary alicyclic amines) is 1. The number of imidazole rings is 1. The standard InChI is InChI=1S/C15H18BrClFN3/c16-11-8-13-14(9-12(11)18)21(15(10-17)19-13)7-3-6-20-4-1-2-5-20/h8-9H,1-7,10H2. The number of rotatable bonds is 5. The highest BCUT2D eigenvalue weighted by Gasteiger charge is 2.14. The molecule has 0 saturated carbocycles. The van der Waals surface area contributed by atoms with Gasteiger partial charge in [0.25, 0.3) is 0 Å². The molecule has 0 N–H and O–H groups in total. The van der Waals surface area contributed by atoms with Gasteiger partial charge < -0.3 is 9.47 Å². The Hall–Kier alpha value is -0.650. The van der Waals surface area contributed by atoms with E-state index in [0.29, 0.717) is 10.4 Å². The number of hydrogen-bond donors (Lipinski definition) is 0. The summed E-state index contributed by atoms with van der Waals surface area (Å²) >= 11 is 9.20. The van der Waals surface area contributed by atoms with Crippen LogP contribution in [0.15, 0.2) is 16.6 Å². The molecule has 1 saturated heterocycles. The van der Waals surface area contributed by atoms with Crippen LogP contribution >= 0.6 is 27.5 Å². The lowest BCUT2D eigenvalue weighted by atomic mass is 10.3. The average molecular weight is 375 g/mol. The van der Waals surface area contributed by atoms with E-state index in [1.165, 1.54) is 25.9 Å². The number of halogens is 3. The third kappa shape index (κ3) is 3.25. The molecule has 21 heavy (non-hydrogen) atoms. The van der Waals surface area contributed by atoms with Gasteiger partial charge in [-0.25, -0.2) is 9.37 Å². The fraction of sp³-hybridized carbons (Fsp3) is 0.533. The maximum absolute atomic E-state index is 13.8. The Morgan fingerprint density at radius 3 is 2.71 bits per heavy atom. The fourth-order valence-corrected chi connectivity index (χ4v) is 3.52. The lowest BCUT2D eigenvalue weighted by Gasteiger charge is -2.15. The predicted molar refractivity (Wildman–Crippen MR) is 87.2 cm³/mol. The number of alkyl halides is 1. The van der Waals surface area contributed by atoms with Gasteiger partial charge in [0.15, 0.2) is 0 Å². The van der Waals surface area contributed by atoms with E-state index in [1.54, 1.807) is 12.1 Å². The molecule has 3 nitrogen and oxygen atoms in total. The summed E-state index contributed by atoms with van der Waals surface area (Å²) in [6, 6.07) is 3.26. The van der Waals surface area contributed by atoms with Gasteiger partial charge in [-0.3, -0.25) is 0 Å². The van der Waals surface area contributed by atoms with Crippen molar-refractivity contribution >= 4 is 38.6 Å². The summed E-state index contributed by atoms with van der Waals surface area (Å²) in [7, 11) is 0. The zero-order valence-corrected chi connectivity index (χ0v) is 14.1. The molecular formula is C15H18BrClFN3. The van der Waals surface area contributed by atoms with Gasteiger partial charge in [-0.1, -0.05) is 0 Å². The molecule has 1 aliphatic rings. The summed E-state index contributed by atoms with van der Waals surface area (Å²) in [6.45, 7) is 4.32. The van der Waals surface area contributed by atoms with E-state index in [1.807, 2.05) is 4.57 Å². The van der Waals surface area contributed by atoms with E-state index in [0.717, 1.165) is 36.4 Å². The summed E-state index contributed by atoms with van der Waals surface area (Å²) in [5.41, 5.74) is 1.62. The third-order valence-corrected chi connectivity index (χ3v) is 4.89. The number of nitrogens with zero attached hydrogens (tertiary/aromatic N) is 3. The molecule has 6 heteroatoms. The van der Waals surface area contributed by atoms with Crippen LogP contribution in [0, 0.1) is 5.82 Å². The quantitative estimate of drug-likeness (QED) is 0.733. The van der Waals surface area contributed by atoms with E-state index in [-0.39, 0.29) is 5.82 Å². The van der Waals surface area contributed by atoms with Gasteiger partial charge in [0.05, 0.1) is 21.4 Å². The zero-order valence-electron chi connectivity index (χ0n) is 11.8. The molecule has 0 aliphatic carbocycles. The van der Waals surface area contributed by atoms with Crippen molar-refractivity contribution in [3.8, 4) is 0 Å². The van der Waals surface area contributed by atoms with E-state index in [4.69, 9.17) is 11.6 Å². The Morgan fingerprint density at radius 1 is 1.24 bits per heavy atom. The topological polar surface area (TPSA) is 21.1 Å². The summed E-state index contributed by atoms with van der Waals surface area (Å²) < 4.78 is 16.3. The van der Waals surface area contributed by atoms with Crippen LogP contribution in [-0.2, 0) is 12.4 Å². The van der Waals surface area contributed by atoms with Crippen LogP contribution in [0.5, 0.6) is 0 Å². The van der Waals surface area contributed by atoms with Gasteiger partial charge in [-0.15, -0.1) is 11.6 Å². The molecule has 0 unspecified atom stereocenters. The van der Waals surface area contributed by atoms with E-state index >= 15 is 0 Å². The molecule has 2 aromatic rings. The van der Waals surface area contributed by atoms with Gasteiger partial charge in [-0.2, -0.15) is 0 Å². The van der Waals surface area contributed by atoms with Crippen molar-refractivity contribution in [1.29, 1.82) is 0 Å². The molecule has 0 bridgehead atoms. The molecule has 1 aromatic carbocycles. The van der Waals surface area contributed by atoms with Crippen molar-refractivity contribution in [3.63, 3.8) is 0 Å². The third-order valence-electron chi connectivity index (χ3n) is 4.04. The van der Waals surface area contributed by atoms with Gasteiger partial charge in [0.2, 0.25) is 0 Å². The number of fused-ring (bicyclic) bond motifs is 1. The highest BCUT2D eigenvalue weighted by molar-refractivity contribution is 9.10. The van der Waals surface area contributed by atoms with Crippen LogP contribution in [0.1, 0.15) is 25.1 Å². The molecule has 0 atom stereocenters. The molecule has 0 amide bonds. The first-order chi connectivity index (χ1) is 10.2. The highest BCUT2D eigenvalue weighted by atomic mass is 79.9. The van der Waals surface area contributed by atoms with Crippen LogP contribution in [0.2, 0.25) is 0 Å². The highest BCUT2D eigenvalue weighted by Crippen LogP contribution is 2.25.